The zero-order valence-electron chi connectivity index (χ0n) is 12.3. The number of hydrogen-bond donors (Lipinski definition) is 0. The van der Waals surface area contributed by atoms with E-state index in [1.165, 1.54) is 12.1 Å². The summed E-state index contributed by atoms with van der Waals surface area (Å²) in [4.78, 5) is 12.7. The molecular formula is C16H18FN3O. The molecule has 0 radical (unpaired) electrons. The molecule has 1 aromatic rings. The SMILES string of the molecule is CC[C@]1(C)CN2CC[C@@H](c3cc(F)cc(C#N)c3)N2C1=O. The molecule has 0 aliphatic carbocycles. The van der Waals surface area contributed by atoms with Crippen molar-refractivity contribution in [3.63, 3.8) is 0 Å². The first-order valence-corrected chi connectivity index (χ1v) is 7.27. The van der Waals surface area contributed by atoms with Crippen LogP contribution in [0.4, 0.5) is 4.39 Å². The first-order valence-electron chi connectivity index (χ1n) is 7.27. The Hall–Kier alpha value is -1.93. The maximum absolute atomic E-state index is 13.7. The van der Waals surface area contributed by atoms with Crippen molar-refractivity contribution < 1.29 is 9.18 Å². The Morgan fingerprint density at radius 1 is 1.48 bits per heavy atom. The fourth-order valence-corrected chi connectivity index (χ4v) is 3.31. The van der Waals surface area contributed by atoms with Gasteiger partial charge in [-0.2, -0.15) is 5.26 Å². The van der Waals surface area contributed by atoms with Crippen molar-refractivity contribution in [3.05, 3.63) is 35.1 Å². The fourth-order valence-electron chi connectivity index (χ4n) is 3.31. The lowest BCUT2D eigenvalue weighted by molar-refractivity contribution is -0.142. The monoisotopic (exact) mass is 287 g/mol. The van der Waals surface area contributed by atoms with Gasteiger partial charge in [-0.05, 0) is 43.5 Å². The van der Waals surface area contributed by atoms with Crippen LogP contribution in [0.25, 0.3) is 0 Å². The van der Waals surface area contributed by atoms with E-state index in [2.05, 4.69) is 5.01 Å². The van der Waals surface area contributed by atoms with Gasteiger partial charge in [-0.1, -0.05) is 6.92 Å². The summed E-state index contributed by atoms with van der Waals surface area (Å²) in [6, 6.07) is 6.16. The largest absolute Gasteiger partial charge is 0.273 e. The standard InChI is InChI=1S/C16H18FN3O/c1-3-16(2)10-19-5-4-14(20(19)15(16)21)12-6-11(9-18)7-13(17)8-12/h6-8,14H,3-5,10H2,1-2H3/t14-,16+/m0/s1. The second kappa shape index (κ2) is 4.81. The van der Waals surface area contributed by atoms with Crippen molar-refractivity contribution in [2.75, 3.05) is 13.1 Å². The van der Waals surface area contributed by atoms with E-state index < -0.39 is 5.82 Å². The van der Waals surface area contributed by atoms with E-state index in [1.54, 1.807) is 11.1 Å². The van der Waals surface area contributed by atoms with Crippen LogP contribution in [-0.4, -0.2) is 29.0 Å². The van der Waals surface area contributed by atoms with Gasteiger partial charge in [0, 0.05) is 13.1 Å². The lowest BCUT2D eigenvalue weighted by atomic mass is 9.86. The third kappa shape index (κ3) is 2.11. The first-order chi connectivity index (χ1) is 9.98. The molecule has 3 rings (SSSR count). The molecule has 0 unspecified atom stereocenters. The maximum Gasteiger partial charge on any atom is 0.244 e. The van der Waals surface area contributed by atoms with Crippen LogP contribution in [0.5, 0.6) is 0 Å². The molecule has 1 aromatic carbocycles. The molecular weight excluding hydrogens is 269 g/mol. The summed E-state index contributed by atoms with van der Waals surface area (Å²) in [6.45, 7) is 5.52. The molecule has 5 heteroatoms. The number of hydrogen-bond acceptors (Lipinski definition) is 3. The van der Waals surface area contributed by atoms with E-state index in [0.29, 0.717) is 11.1 Å². The van der Waals surface area contributed by atoms with E-state index in [4.69, 9.17) is 5.26 Å². The topological polar surface area (TPSA) is 47.3 Å². The first kappa shape index (κ1) is 14.0. The van der Waals surface area contributed by atoms with Gasteiger partial charge in [0.1, 0.15) is 5.82 Å². The van der Waals surface area contributed by atoms with Crippen molar-refractivity contribution in [1.29, 1.82) is 5.26 Å². The van der Waals surface area contributed by atoms with Gasteiger partial charge in [0.2, 0.25) is 5.91 Å². The number of benzene rings is 1. The predicted molar refractivity (Wildman–Crippen MR) is 75.3 cm³/mol. The Labute approximate surface area is 123 Å². The molecule has 21 heavy (non-hydrogen) atoms. The van der Waals surface area contributed by atoms with E-state index in [0.717, 1.165) is 25.9 Å². The van der Waals surface area contributed by atoms with E-state index >= 15 is 0 Å². The van der Waals surface area contributed by atoms with Gasteiger partial charge in [0.05, 0.1) is 23.1 Å². The highest BCUT2D eigenvalue weighted by Gasteiger charge is 2.51. The molecule has 2 saturated heterocycles. The molecule has 2 fully saturated rings. The molecule has 0 saturated carbocycles. The summed E-state index contributed by atoms with van der Waals surface area (Å²) < 4.78 is 13.7. The smallest absolute Gasteiger partial charge is 0.244 e. The summed E-state index contributed by atoms with van der Waals surface area (Å²) >= 11 is 0. The minimum absolute atomic E-state index is 0.107. The molecule has 2 heterocycles. The Kier molecular flexibility index (Phi) is 3.22. The lowest BCUT2D eigenvalue weighted by Crippen LogP contribution is -2.36. The van der Waals surface area contributed by atoms with Gasteiger partial charge >= 0.3 is 0 Å². The van der Waals surface area contributed by atoms with Crippen LogP contribution >= 0.6 is 0 Å². The molecule has 2 atom stereocenters. The summed E-state index contributed by atoms with van der Waals surface area (Å²) in [5.41, 5.74) is 0.653. The third-order valence-corrected chi connectivity index (χ3v) is 4.73. The normalized spacial score (nSPS) is 28.8. The summed E-state index contributed by atoms with van der Waals surface area (Å²) in [5, 5.41) is 12.8. The number of nitrogens with zero attached hydrogens (tertiary/aromatic N) is 3. The molecule has 0 aromatic heterocycles. The maximum atomic E-state index is 13.7. The molecule has 1 amide bonds. The number of hydrazine groups is 1. The van der Waals surface area contributed by atoms with Gasteiger partial charge < -0.3 is 0 Å². The Morgan fingerprint density at radius 3 is 2.90 bits per heavy atom. The Balaban J connectivity index is 1.97. The average molecular weight is 287 g/mol. The number of amides is 1. The summed E-state index contributed by atoms with van der Waals surface area (Å²) in [6.07, 6.45) is 1.57. The van der Waals surface area contributed by atoms with Gasteiger partial charge in [-0.15, -0.1) is 0 Å². The zero-order chi connectivity index (χ0) is 15.2. The molecule has 2 aliphatic heterocycles. The number of fused-ring (bicyclic) bond motifs is 1. The zero-order valence-corrected chi connectivity index (χ0v) is 12.3. The molecule has 0 bridgehead atoms. The second-order valence-corrected chi connectivity index (χ2v) is 6.14. The van der Waals surface area contributed by atoms with Crippen LogP contribution < -0.4 is 0 Å². The van der Waals surface area contributed by atoms with Crippen LogP contribution in [0.1, 0.15) is 43.9 Å². The van der Waals surface area contributed by atoms with E-state index in [-0.39, 0.29) is 17.4 Å². The van der Waals surface area contributed by atoms with Crippen LogP contribution in [0.2, 0.25) is 0 Å². The highest BCUT2D eigenvalue weighted by molar-refractivity contribution is 5.84. The van der Waals surface area contributed by atoms with Gasteiger partial charge in [0.25, 0.3) is 0 Å². The van der Waals surface area contributed by atoms with Crippen molar-refractivity contribution in [2.24, 2.45) is 5.41 Å². The summed E-state index contributed by atoms with van der Waals surface area (Å²) in [7, 11) is 0. The van der Waals surface area contributed by atoms with Crippen molar-refractivity contribution in [1.82, 2.24) is 10.0 Å². The lowest BCUT2D eigenvalue weighted by Gasteiger charge is -2.26. The highest BCUT2D eigenvalue weighted by atomic mass is 19.1. The predicted octanol–water partition coefficient (Wildman–Crippen LogP) is 2.62. The minimum Gasteiger partial charge on any atom is -0.273 e. The second-order valence-electron chi connectivity index (χ2n) is 6.14. The van der Waals surface area contributed by atoms with Gasteiger partial charge in [-0.25, -0.2) is 9.40 Å². The van der Waals surface area contributed by atoms with E-state index in [1.807, 2.05) is 19.9 Å². The van der Waals surface area contributed by atoms with E-state index in [9.17, 15) is 9.18 Å². The minimum atomic E-state index is -0.424. The van der Waals surface area contributed by atoms with Crippen molar-refractivity contribution in [2.45, 2.75) is 32.7 Å². The van der Waals surface area contributed by atoms with Crippen molar-refractivity contribution in [3.8, 4) is 6.07 Å². The van der Waals surface area contributed by atoms with Gasteiger partial charge in [0.15, 0.2) is 0 Å². The molecule has 110 valence electrons. The molecule has 0 spiro atoms. The number of carbonyl (C=O) groups excluding carboxylic acids is 1. The van der Waals surface area contributed by atoms with Crippen LogP contribution in [0.15, 0.2) is 18.2 Å². The fraction of sp³-hybridized carbons (Fsp3) is 0.500. The highest BCUT2D eigenvalue weighted by Crippen LogP contribution is 2.43. The van der Waals surface area contributed by atoms with Crippen LogP contribution in [0.3, 0.4) is 0 Å². The molecule has 4 nitrogen and oxygen atoms in total. The van der Waals surface area contributed by atoms with Crippen LogP contribution in [0, 0.1) is 22.6 Å². The molecule has 2 aliphatic rings. The molecule has 0 N–H and O–H groups in total. The average Bonchev–Trinajstić information content (AvgIpc) is 2.98. The third-order valence-electron chi connectivity index (χ3n) is 4.73. The summed E-state index contributed by atoms with van der Waals surface area (Å²) in [5.74, 6) is -0.317. The number of rotatable bonds is 2. The Bertz CT molecular complexity index is 639. The number of nitriles is 1. The number of carbonyl (C=O) groups is 1. The number of halogens is 1. The quantitative estimate of drug-likeness (QED) is 0.840. The van der Waals surface area contributed by atoms with Gasteiger partial charge in [-0.3, -0.25) is 9.80 Å². The van der Waals surface area contributed by atoms with Crippen LogP contribution in [-0.2, 0) is 4.79 Å². The van der Waals surface area contributed by atoms with Crippen molar-refractivity contribution >= 4 is 5.91 Å². The Morgan fingerprint density at radius 2 is 2.24 bits per heavy atom.